The van der Waals surface area contributed by atoms with Gasteiger partial charge in [0.05, 0.1) is 6.61 Å². The van der Waals surface area contributed by atoms with Crippen LogP contribution in [-0.4, -0.2) is 50.3 Å². The molecule has 14 heavy (non-hydrogen) atoms. The van der Waals surface area contributed by atoms with E-state index in [4.69, 9.17) is 4.74 Å². The summed E-state index contributed by atoms with van der Waals surface area (Å²) in [5.74, 6) is 0. The Morgan fingerprint density at radius 1 is 1.43 bits per heavy atom. The molecule has 1 rings (SSSR count). The molecule has 0 saturated carbocycles. The topological polar surface area (TPSA) is 24.5 Å². The second-order valence-electron chi connectivity index (χ2n) is 4.06. The standard InChI is InChI=1S/C11H24N2O/c1-3-4-8-14-9-7-13-6-5-12-10-11(13)2/h11-12H,3-10H2,1-2H3. The maximum atomic E-state index is 5.56. The zero-order chi connectivity index (χ0) is 10.2. The number of hydrogen-bond donors (Lipinski definition) is 1. The van der Waals surface area contributed by atoms with Gasteiger partial charge in [0.15, 0.2) is 0 Å². The molecule has 1 unspecified atom stereocenters. The maximum Gasteiger partial charge on any atom is 0.0593 e. The van der Waals surface area contributed by atoms with Crippen molar-refractivity contribution in [1.29, 1.82) is 0 Å². The number of nitrogens with zero attached hydrogens (tertiary/aromatic N) is 1. The Morgan fingerprint density at radius 3 is 3.00 bits per heavy atom. The normalized spacial score (nSPS) is 24.0. The van der Waals surface area contributed by atoms with E-state index < -0.39 is 0 Å². The molecule has 84 valence electrons. The lowest BCUT2D eigenvalue weighted by molar-refractivity contribution is 0.0797. The number of nitrogens with one attached hydrogen (secondary N) is 1. The molecule has 0 aromatic carbocycles. The molecule has 0 aliphatic carbocycles. The molecule has 0 bridgehead atoms. The molecule has 1 atom stereocenters. The van der Waals surface area contributed by atoms with Crippen LogP contribution in [0.4, 0.5) is 0 Å². The molecule has 1 N–H and O–H groups in total. The molecule has 1 fully saturated rings. The van der Waals surface area contributed by atoms with Gasteiger partial charge in [-0.25, -0.2) is 0 Å². The number of ether oxygens (including phenoxy) is 1. The van der Waals surface area contributed by atoms with Gasteiger partial charge in [0.2, 0.25) is 0 Å². The Morgan fingerprint density at radius 2 is 2.29 bits per heavy atom. The van der Waals surface area contributed by atoms with Gasteiger partial charge in [-0.15, -0.1) is 0 Å². The zero-order valence-electron chi connectivity index (χ0n) is 9.59. The molecular formula is C11H24N2O. The van der Waals surface area contributed by atoms with Crippen molar-refractivity contribution in [1.82, 2.24) is 10.2 Å². The van der Waals surface area contributed by atoms with E-state index in [1.54, 1.807) is 0 Å². The fourth-order valence-electron chi connectivity index (χ4n) is 1.75. The van der Waals surface area contributed by atoms with E-state index in [9.17, 15) is 0 Å². The fraction of sp³-hybridized carbons (Fsp3) is 1.00. The van der Waals surface area contributed by atoms with Crippen LogP contribution in [0.25, 0.3) is 0 Å². The van der Waals surface area contributed by atoms with Crippen LogP contribution in [0.1, 0.15) is 26.7 Å². The Bertz CT molecular complexity index is 141. The Labute approximate surface area is 87.8 Å². The summed E-state index contributed by atoms with van der Waals surface area (Å²) in [6.45, 7) is 10.8. The van der Waals surface area contributed by atoms with Crippen molar-refractivity contribution in [2.75, 3.05) is 39.4 Å². The summed E-state index contributed by atoms with van der Waals surface area (Å²) >= 11 is 0. The van der Waals surface area contributed by atoms with Gasteiger partial charge in [0.25, 0.3) is 0 Å². The summed E-state index contributed by atoms with van der Waals surface area (Å²) in [7, 11) is 0. The monoisotopic (exact) mass is 200 g/mol. The molecule has 1 aliphatic rings. The minimum Gasteiger partial charge on any atom is -0.380 e. The van der Waals surface area contributed by atoms with Gasteiger partial charge >= 0.3 is 0 Å². The third-order valence-corrected chi connectivity index (χ3v) is 2.80. The van der Waals surface area contributed by atoms with Crippen LogP contribution in [0, 0.1) is 0 Å². The zero-order valence-corrected chi connectivity index (χ0v) is 9.59. The van der Waals surface area contributed by atoms with Crippen LogP contribution in [0.15, 0.2) is 0 Å². The summed E-state index contributed by atoms with van der Waals surface area (Å²) in [5, 5.41) is 3.39. The second kappa shape index (κ2) is 7.21. The van der Waals surface area contributed by atoms with Crippen molar-refractivity contribution >= 4 is 0 Å². The van der Waals surface area contributed by atoms with Gasteiger partial charge in [0, 0.05) is 38.8 Å². The summed E-state index contributed by atoms with van der Waals surface area (Å²) in [6.07, 6.45) is 2.42. The highest BCUT2D eigenvalue weighted by atomic mass is 16.5. The minimum atomic E-state index is 0.665. The molecule has 0 amide bonds. The quantitative estimate of drug-likeness (QED) is 0.650. The van der Waals surface area contributed by atoms with Gasteiger partial charge < -0.3 is 10.1 Å². The molecule has 0 aromatic heterocycles. The van der Waals surface area contributed by atoms with Crippen LogP contribution in [0.2, 0.25) is 0 Å². The SMILES string of the molecule is CCCCOCCN1CCNCC1C. The summed E-state index contributed by atoms with van der Waals surface area (Å²) in [5.41, 5.74) is 0. The van der Waals surface area contributed by atoms with Gasteiger partial charge in [-0.05, 0) is 13.3 Å². The first kappa shape index (κ1) is 12.0. The predicted molar refractivity (Wildman–Crippen MR) is 59.6 cm³/mol. The van der Waals surface area contributed by atoms with Crippen molar-refractivity contribution in [2.24, 2.45) is 0 Å². The largest absolute Gasteiger partial charge is 0.380 e. The van der Waals surface area contributed by atoms with Gasteiger partial charge in [-0.2, -0.15) is 0 Å². The average molecular weight is 200 g/mol. The number of unbranched alkanes of at least 4 members (excludes halogenated alkanes) is 1. The predicted octanol–water partition coefficient (Wildman–Crippen LogP) is 1.10. The van der Waals surface area contributed by atoms with E-state index in [2.05, 4.69) is 24.1 Å². The molecule has 3 heteroatoms. The number of hydrogen-bond acceptors (Lipinski definition) is 3. The van der Waals surface area contributed by atoms with Crippen molar-refractivity contribution in [3.8, 4) is 0 Å². The lowest BCUT2D eigenvalue weighted by Crippen LogP contribution is -2.50. The van der Waals surface area contributed by atoms with Crippen LogP contribution in [0.3, 0.4) is 0 Å². The Hall–Kier alpha value is -0.120. The van der Waals surface area contributed by atoms with Crippen molar-refractivity contribution < 1.29 is 4.74 Å². The van der Waals surface area contributed by atoms with Gasteiger partial charge in [-0.1, -0.05) is 13.3 Å². The third-order valence-electron chi connectivity index (χ3n) is 2.80. The first-order valence-electron chi connectivity index (χ1n) is 5.87. The van der Waals surface area contributed by atoms with Gasteiger partial charge in [-0.3, -0.25) is 4.90 Å². The number of rotatable bonds is 6. The Balaban J connectivity index is 1.99. The smallest absolute Gasteiger partial charge is 0.0593 e. The Kier molecular flexibility index (Phi) is 6.15. The van der Waals surface area contributed by atoms with Gasteiger partial charge in [0.1, 0.15) is 0 Å². The van der Waals surface area contributed by atoms with Crippen LogP contribution in [0.5, 0.6) is 0 Å². The molecule has 0 aromatic rings. The maximum absolute atomic E-state index is 5.56. The van der Waals surface area contributed by atoms with E-state index in [-0.39, 0.29) is 0 Å². The first-order chi connectivity index (χ1) is 6.84. The molecule has 1 aliphatic heterocycles. The van der Waals surface area contributed by atoms with E-state index in [1.807, 2.05) is 0 Å². The highest BCUT2D eigenvalue weighted by Gasteiger charge is 2.16. The van der Waals surface area contributed by atoms with Crippen LogP contribution in [-0.2, 0) is 4.74 Å². The second-order valence-corrected chi connectivity index (χ2v) is 4.06. The highest BCUT2D eigenvalue weighted by molar-refractivity contribution is 4.75. The lowest BCUT2D eigenvalue weighted by atomic mass is 10.2. The fourth-order valence-corrected chi connectivity index (χ4v) is 1.75. The summed E-state index contributed by atoms with van der Waals surface area (Å²) < 4.78 is 5.56. The van der Waals surface area contributed by atoms with Crippen molar-refractivity contribution in [3.63, 3.8) is 0 Å². The summed E-state index contributed by atoms with van der Waals surface area (Å²) in [4.78, 5) is 2.50. The van der Waals surface area contributed by atoms with E-state index in [0.29, 0.717) is 6.04 Å². The molecule has 0 radical (unpaired) electrons. The van der Waals surface area contributed by atoms with Crippen molar-refractivity contribution in [3.05, 3.63) is 0 Å². The molecule has 1 saturated heterocycles. The molecule has 0 spiro atoms. The summed E-state index contributed by atoms with van der Waals surface area (Å²) in [6, 6.07) is 0.665. The van der Waals surface area contributed by atoms with E-state index in [1.165, 1.54) is 12.8 Å². The lowest BCUT2D eigenvalue weighted by Gasteiger charge is -2.33. The first-order valence-corrected chi connectivity index (χ1v) is 5.87. The molecular weight excluding hydrogens is 176 g/mol. The molecule has 3 nitrogen and oxygen atoms in total. The minimum absolute atomic E-state index is 0.665. The van der Waals surface area contributed by atoms with E-state index >= 15 is 0 Å². The third kappa shape index (κ3) is 4.40. The molecule has 1 heterocycles. The number of piperazine rings is 1. The average Bonchev–Trinajstić information content (AvgIpc) is 2.20. The highest BCUT2D eigenvalue weighted by Crippen LogP contribution is 2.01. The van der Waals surface area contributed by atoms with Crippen molar-refractivity contribution in [2.45, 2.75) is 32.7 Å². The van der Waals surface area contributed by atoms with E-state index in [0.717, 1.165) is 39.4 Å². The van der Waals surface area contributed by atoms with Crippen LogP contribution >= 0.6 is 0 Å². The van der Waals surface area contributed by atoms with Crippen LogP contribution < -0.4 is 5.32 Å².